The molecule has 0 aliphatic carbocycles. The van der Waals surface area contributed by atoms with E-state index < -0.39 is 0 Å². The molecule has 4 rings (SSSR count). The van der Waals surface area contributed by atoms with Crippen LogP contribution in [-0.4, -0.2) is 19.9 Å². The number of hydrogen-bond acceptors (Lipinski definition) is 4. The zero-order valence-electron chi connectivity index (χ0n) is 14.6. The highest BCUT2D eigenvalue weighted by atomic mass is 35.5. The summed E-state index contributed by atoms with van der Waals surface area (Å²) in [6.45, 7) is 1.98. The lowest BCUT2D eigenvalue weighted by atomic mass is 10.1. The molecule has 1 atom stereocenters. The highest BCUT2D eigenvalue weighted by molar-refractivity contribution is 6.31. The molecule has 3 aromatic heterocycles. The lowest BCUT2D eigenvalue weighted by Crippen LogP contribution is -2.09. The lowest BCUT2D eigenvalue weighted by Gasteiger charge is -2.14. The first-order chi connectivity index (χ1) is 13.1. The molecule has 7 heteroatoms. The summed E-state index contributed by atoms with van der Waals surface area (Å²) in [4.78, 5) is 16.2. The third kappa shape index (κ3) is 3.90. The summed E-state index contributed by atoms with van der Waals surface area (Å²) in [6, 6.07) is 8.25. The Kier molecular flexibility index (Phi) is 4.73. The zero-order chi connectivity index (χ0) is 18.8. The number of aromatic nitrogens is 4. The van der Waals surface area contributed by atoms with Crippen LogP contribution in [-0.2, 0) is 6.42 Å². The van der Waals surface area contributed by atoms with E-state index in [1.807, 2.05) is 19.2 Å². The Morgan fingerprint density at radius 2 is 1.85 bits per heavy atom. The SMILES string of the molecule is CC(Nc1ncc(Cc2c[nH]c3ncc(Cl)cc23)cn1)c1ccc(F)cc1. The van der Waals surface area contributed by atoms with Crippen LogP contribution in [0.25, 0.3) is 11.0 Å². The van der Waals surface area contributed by atoms with E-state index in [4.69, 9.17) is 11.6 Å². The van der Waals surface area contributed by atoms with Gasteiger partial charge in [0.2, 0.25) is 5.95 Å². The van der Waals surface area contributed by atoms with Gasteiger partial charge < -0.3 is 10.3 Å². The zero-order valence-corrected chi connectivity index (χ0v) is 15.3. The molecular weight excluding hydrogens is 365 g/mol. The van der Waals surface area contributed by atoms with E-state index in [0.29, 0.717) is 17.4 Å². The number of fused-ring (bicyclic) bond motifs is 1. The maximum atomic E-state index is 13.0. The second-order valence-electron chi connectivity index (χ2n) is 6.37. The number of halogens is 2. The van der Waals surface area contributed by atoms with Gasteiger partial charge in [-0.1, -0.05) is 23.7 Å². The van der Waals surface area contributed by atoms with Gasteiger partial charge in [-0.05, 0) is 41.8 Å². The second-order valence-corrected chi connectivity index (χ2v) is 6.81. The molecular formula is C20H17ClFN5. The van der Waals surface area contributed by atoms with Gasteiger partial charge >= 0.3 is 0 Å². The molecule has 0 fully saturated rings. The Balaban J connectivity index is 1.47. The van der Waals surface area contributed by atoms with E-state index in [1.165, 1.54) is 12.1 Å². The van der Waals surface area contributed by atoms with Crippen molar-refractivity contribution in [3.63, 3.8) is 0 Å². The van der Waals surface area contributed by atoms with Gasteiger partial charge in [-0.2, -0.15) is 0 Å². The molecule has 4 aromatic rings. The number of nitrogens with one attached hydrogen (secondary N) is 2. The van der Waals surface area contributed by atoms with Crippen molar-refractivity contribution < 1.29 is 4.39 Å². The number of hydrogen-bond donors (Lipinski definition) is 2. The van der Waals surface area contributed by atoms with Crippen molar-refractivity contribution in [1.29, 1.82) is 0 Å². The third-order valence-electron chi connectivity index (χ3n) is 4.40. The Morgan fingerprint density at radius 3 is 2.59 bits per heavy atom. The third-order valence-corrected chi connectivity index (χ3v) is 4.61. The standard InChI is InChI=1S/C20H17ClFN5/c1-12(14-2-4-17(22)5-3-14)27-20-25-8-13(9-26-20)6-15-10-23-19-18(15)7-16(21)11-24-19/h2-5,7-12H,6H2,1H3,(H,23,24)(H,25,26,27). The normalized spacial score (nSPS) is 12.3. The van der Waals surface area contributed by atoms with E-state index in [9.17, 15) is 4.39 Å². The van der Waals surface area contributed by atoms with Crippen molar-refractivity contribution in [2.24, 2.45) is 0 Å². The molecule has 3 heterocycles. The molecule has 1 unspecified atom stereocenters. The number of H-pyrrole nitrogens is 1. The summed E-state index contributed by atoms with van der Waals surface area (Å²) < 4.78 is 13.0. The molecule has 0 aliphatic heterocycles. The fraction of sp³-hybridized carbons (Fsp3) is 0.150. The fourth-order valence-electron chi connectivity index (χ4n) is 2.95. The summed E-state index contributed by atoms with van der Waals surface area (Å²) in [6.07, 6.45) is 7.82. The van der Waals surface area contributed by atoms with Crippen molar-refractivity contribution in [3.8, 4) is 0 Å². The summed E-state index contributed by atoms with van der Waals surface area (Å²) in [7, 11) is 0. The largest absolute Gasteiger partial charge is 0.348 e. The monoisotopic (exact) mass is 381 g/mol. The summed E-state index contributed by atoms with van der Waals surface area (Å²) in [5.74, 6) is 0.277. The lowest BCUT2D eigenvalue weighted by molar-refractivity contribution is 0.626. The van der Waals surface area contributed by atoms with Gasteiger partial charge in [0.1, 0.15) is 11.5 Å². The molecule has 0 spiro atoms. The number of benzene rings is 1. The van der Waals surface area contributed by atoms with Gasteiger partial charge in [0, 0.05) is 36.6 Å². The number of nitrogens with zero attached hydrogens (tertiary/aromatic N) is 3. The van der Waals surface area contributed by atoms with Gasteiger partial charge in [0.05, 0.1) is 11.1 Å². The highest BCUT2D eigenvalue weighted by Crippen LogP contribution is 2.23. The molecule has 2 N–H and O–H groups in total. The molecule has 0 aliphatic rings. The number of pyridine rings is 1. The van der Waals surface area contributed by atoms with Crippen LogP contribution in [0.1, 0.15) is 29.7 Å². The molecule has 0 saturated carbocycles. The van der Waals surface area contributed by atoms with Crippen LogP contribution in [0.3, 0.4) is 0 Å². The van der Waals surface area contributed by atoms with Gasteiger partial charge in [0.25, 0.3) is 0 Å². The Bertz CT molecular complexity index is 1060. The Hall–Kier alpha value is -2.99. The van der Waals surface area contributed by atoms with Gasteiger partial charge in [0.15, 0.2) is 0 Å². The summed E-state index contributed by atoms with van der Waals surface area (Å²) in [5.41, 5.74) is 3.84. The van der Waals surface area contributed by atoms with E-state index in [2.05, 4.69) is 25.3 Å². The maximum absolute atomic E-state index is 13.0. The van der Waals surface area contributed by atoms with Crippen LogP contribution in [0, 0.1) is 5.82 Å². The minimum atomic E-state index is -0.250. The van der Waals surface area contributed by atoms with Crippen LogP contribution >= 0.6 is 11.6 Å². The van der Waals surface area contributed by atoms with E-state index in [0.717, 1.165) is 27.7 Å². The van der Waals surface area contributed by atoms with E-state index in [-0.39, 0.29) is 11.9 Å². The highest BCUT2D eigenvalue weighted by Gasteiger charge is 2.09. The van der Waals surface area contributed by atoms with Gasteiger partial charge in [-0.15, -0.1) is 0 Å². The molecule has 1 aromatic carbocycles. The summed E-state index contributed by atoms with van der Waals surface area (Å²) >= 11 is 6.05. The topological polar surface area (TPSA) is 66.5 Å². The van der Waals surface area contributed by atoms with Crippen molar-refractivity contribution in [2.75, 3.05) is 5.32 Å². The molecule has 27 heavy (non-hydrogen) atoms. The molecule has 0 bridgehead atoms. The number of rotatable bonds is 5. The quantitative estimate of drug-likeness (QED) is 0.515. The predicted molar refractivity (Wildman–Crippen MR) is 104 cm³/mol. The molecule has 136 valence electrons. The smallest absolute Gasteiger partial charge is 0.223 e. The average Bonchev–Trinajstić information content (AvgIpc) is 3.06. The van der Waals surface area contributed by atoms with Crippen molar-refractivity contribution in [1.82, 2.24) is 19.9 Å². The minimum absolute atomic E-state index is 0.0294. The molecule has 0 saturated heterocycles. The van der Waals surface area contributed by atoms with Crippen molar-refractivity contribution in [2.45, 2.75) is 19.4 Å². The van der Waals surface area contributed by atoms with Gasteiger partial charge in [-0.25, -0.2) is 19.3 Å². The maximum Gasteiger partial charge on any atom is 0.223 e. The van der Waals surface area contributed by atoms with Crippen LogP contribution < -0.4 is 5.32 Å². The second kappa shape index (κ2) is 7.32. The van der Waals surface area contributed by atoms with Crippen molar-refractivity contribution >= 4 is 28.6 Å². The van der Waals surface area contributed by atoms with Crippen molar-refractivity contribution in [3.05, 3.63) is 82.6 Å². The van der Waals surface area contributed by atoms with Crippen LogP contribution in [0.5, 0.6) is 0 Å². The number of anilines is 1. The average molecular weight is 382 g/mol. The Labute approximate surface area is 160 Å². The number of aromatic amines is 1. The summed E-state index contributed by atoms with van der Waals surface area (Å²) in [5, 5.41) is 4.82. The molecule has 0 radical (unpaired) electrons. The molecule has 5 nitrogen and oxygen atoms in total. The fourth-order valence-corrected chi connectivity index (χ4v) is 3.11. The first kappa shape index (κ1) is 17.4. The minimum Gasteiger partial charge on any atom is -0.348 e. The first-order valence-electron chi connectivity index (χ1n) is 8.53. The van der Waals surface area contributed by atoms with Crippen LogP contribution in [0.4, 0.5) is 10.3 Å². The van der Waals surface area contributed by atoms with Crippen LogP contribution in [0.2, 0.25) is 5.02 Å². The Morgan fingerprint density at radius 1 is 1.11 bits per heavy atom. The predicted octanol–water partition coefficient (Wildman–Crippen LogP) is 4.91. The van der Waals surface area contributed by atoms with E-state index in [1.54, 1.807) is 30.7 Å². The van der Waals surface area contributed by atoms with E-state index >= 15 is 0 Å². The van der Waals surface area contributed by atoms with Gasteiger partial charge in [-0.3, -0.25) is 0 Å². The van der Waals surface area contributed by atoms with Crippen LogP contribution in [0.15, 0.2) is 55.1 Å². The first-order valence-corrected chi connectivity index (χ1v) is 8.91. The molecule has 0 amide bonds.